The molecular formula is C10H17N3O2S. The largest absolute Gasteiger partial charge is 0.361 e. The monoisotopic (exact) mass is 243 g/mol. The number of aliphatic imine (C=N–C) groups is 1. The summed E-state index contributed by atoms with van der Waals surface area (Å²) in [6.45, 7) is 3.92. The number of nitrogens with zero attached hydrogens (tertiary/aromatic N) is 2. The zero-order valence-electron chi connectivity index (χ0n) is 9.98. The predicted octanol–water partition coefficient (Wildman–Crippen LogP) is 0.954. The number of amides is 2. The van der Waals surface area contributed by atoms with Crippen molar-refractivity contribution in [3.8, 4) is 0 Å². The molecule has 0 unspecified atom stereocenters. The fourth-order valence-electron chi connectivity index (χ4n) is 1.35. The molecule has 1 N–H and O–H groups in total. The Balaban J connectivity index is 2.69. The number of likely N-dealkylation sites (N-methyl/N-ethyl adjacent to an activating group) is 1. The average molecular weight is 243 g/mol. The standard InChI is InChI=1S/C10H17N3O2S/c1-6(2)8(9(14)13(3)4)11-7-5-16-10(15)12-7/h6,8H,5H2,1-4H3,(H,11,12,15)/t8-/m0/s1. The summed E-state index contributed by atoms with van der Waals surface area (Å²) in [5, 5.41) is 2.85. The molecule has 0 bridgehead atoms. The molecule has 0 spiro atoms. The van der Waals surface area contributed by atoms with E-state index in [1.54, 1.807) is 19.0 Å². The van der Waals surface area contributed by atoms with Crippen LogP contribution in [0, 0.1) is 5.92 Å². The van der Waals surface area contributed by atoms with Gasteiger partial charge in [0.05, 0.1) is 5.75 Å². The lowest BCUT2D eigenvalue weighted by molar-refractivity contribution is -0.131. The summed E-state index contributed by atoms with van der Waals surface area (Å²) in [6, 6.07) is -0.319. The summed E-state index contributed by atoms with van der Waals surface area (Å²) in [5.74, 6) is 1.28. The van der Waals surface area contributed by atoms with Crippen molar-refractivity contribution in [3.63, 3.8) is 0 Å². The molecule has 0 fully saturated rings. The Morgan fingerprint density at radius 1 is 1.50 bits per heavy atom. The summed E-state index contributed by atoms with van der Waals surface area (Å²) < 4.78 is 0. The van der Waals surface area contributed by atoms with Gasteiger partial charge in [-0.2, -0.15) is 4.99 Å². The van der Waals surface area contributed by atoms with Gasteiger partial charge in [-0.1, -0.05) is 25.6 Å². The average Bonchev–Trinajstić information content (AvgIpc) is 2.59. The highest BCUT2D eigenvalue weighted by Gasteiger charge is 2.26. The highest BCUT2D eigenvalue weighted by atomic mass is 32.2. The zero-order chi connectivity index (χ0) is 12.3. The quantitative estimate of drug-likeness (QED) is 0.802. The fraction of sp³-hybridized carbons (Fsp3) is 0.700. The van der Waals surface area contributed by atoms with Crippen LogP contribution in [-0.2, 0) is 4.79 Å². The Labute approximate surface area is 99.7 Å². The van der Waals surface area contributed by atoms with Gasteiger partial charge in [-0.25, -0.2) is 0 Å². The zero-order valence-corrected chi connectivity index (χ0v) is 10.8. The maximum atomic E-state index is 11.9. The molecule has 1 heterocycles. The summed E-state index contributed by atoms with van der Waals surface area (Å²) in [5.41, 5.74) is 0. The first-order valence-corrected chi connectivity index (χ1v) is 6.12. The van der Waals surface area contributed by atoms with Gasteiger partial charge < -0.3 is 10.2 Å². The second-order valence-electron chi connectivity index (χ2n) is 4.21. The first kappa shape index (κ1) is 13.0. The van der Waals surface area contributed by atoms with Crippen LogP contribution < -0.4 is 5.32 Å². The van der Waals surface area contributed by atoms with E-state index in [-0.39, 0.29) is 23.1 Å². The van der Waals surface area contributed by atoms with Crippen LogP contribution >= 0.6 is 11.8 Å². The van der Waals surface area contributed by atoms with Crippen LogP contribution in [0.3, 0.4) is 0 Å². The Bertz CT molecular complexity index is 326. The second-order valence-corrected chi connectivity index (χ2v) is 5.14. The molecule has 0 aliphatic carbocycles. The highest BCUT2D eigenvalue weighted by molar-refractivity contribution is 8.14. The normalized spacial score (nSPS) is 17.3. The van der Waals surface area contributed by atoms with Gasteiger partial charge in [-0.15, -0.1) is 0 Å². The summed E-state index contributed by atoms with van der Waals surface area (Å²) in [4.78, 5) is 28.2. The topological polar surface area (TPSA) is 61.8 Å². The predicted molar refractivity (Wildman–Crippen MR) is 65.7 cm³/mol. The second kappa shape index (κ2) is 5.34. The van der Waals surface area contributed by atoms with Crippen molar-refractivity contribution in [3.05, 3.63) is 0 Å². The lowest BCUT2D eigenvalue weighted by Crippen LogP contribution is -2.49. The molecule has 0 aromatic carbocycles. The van der Waals surface area contributed by atoms with Crippen molar-refractivity contribution in [2.45, 2.75) is 19.9 Å². The fourth-order valence-corrected chi connectivity index (χ4v) is 1.93. The van der Waals surface area contributed by atoms with Crippen LogP contribution in [0.5, 0.6) is 0 Å². The molecule has 1 aliphatic rings. The Kier molecular flexibility index (Phi) is 4.35. The third-order valence-electron chi connectivity index (χ3n) is 2.25. The van der Waals surface area contributed by atoms with Crippen molar-refractivity contribution < 1.29 is 9.59 Å². The first-order chi connectivity index (χ1) is 7.41. The molecular weight excluding hydrogens is 226 g/mol. The Morgan fingerprint density at radius 3 is 2.50 bits per heavy atom. The third-order valence-corrected chi connectivity index (χ3v) is 3.01. The Morgan fingerprint density at radius 2 is 2.12 bits per heavy atom. The Hall–Kier alpha value is -1.04. The number of amidine groups is 1. The van der Waals surface area contributed by atoms with Gasteiger partial charge in [-0.05, 0) is 5.92 Å². The van der Waals surface area contributed by atoms with Gasteiger partial charge in [0.2, 0.25) is 5.91 Å². The minimum atomic E-state index is -0.319. The molecule has 2 amide bonds. The van der Waals surface area contributed by atoms with E-state index in [2.05, 4.69) is 10.3 Å². The van der Waals surface area contributed by atoms with E-state index in [0.29, 0.717) is 11.6 Å². The van der Waals surface area contributed by atoms with Crippen molar-refractivity contribution in [1.82, 2.24) is 10.2 Å². The van der Waals surface area contributed by atoms with Crippen LogP contribution in [0.4, 0.5) is 4.79 Å². The van der Waals surface area contributed by atoms with E-state index in [1.165, 1.54) is 0 Å². The molecule has 0 saturated heterocycles. The lowest BCUT2D eigenvalue weighted by atomic mass is 10.0. The molecule has 0 aromatic rings. The minimum absolute atomic E-state index is 0.00190. The van der Waals surface area contributed by atoms with Crippen molar-refractivity contribution >= 4 is 28.7 Å². The molecule has 5 nitrogen and oxygen atoms in total. The minimum Gasteiger partial charge on any atom is -0.361 e. The molecule has 90 valence electrons. The molecule has 0 saturated carbocycles. The highest BCUT2D eigenvalue weighted by Crippen LogP contribution is 2.14. The van der Waals surface area contributed by atoms with E-state index < -0.39 is 0 Å². The molecule has 16 heavy (non-hydrogen) atoms. The summed E-state index contributed by atoms with van der Waals surface area (Å²) in [7, 11) is 3.44. The van der Waals surface area contributed by atoms with Gasteiger partial charge in [0, 0.05) is 14.1 Å². The SMILES string of the molecule is CC(C)[C@H](NC1=NC(=O)SC1)C(=O)N(C)C. The summed E-state index contributed by atoms with van der Waals surface area (Å²) in [6.07, 6.45) is 0. The number of hydrogen-bond donors (Lipinski definition) is 1. The van der Waals surface area contributed by atoms with Crippen LogP contribution in [0.1, 0.15) is 13.8 Å². The van der Waals surface area contributed by atoms with E-state index >= 15 is 0 Å². The molecule has 0 radical (unpaired) electrons. The first-order valence-electron chi connectivity index (χ1n) is 5.14. The van der Waals surface area contributed by atoms with Crippen LogP contribution in [0.25, 0.3) is 0 Å². The van der Waals surface area contributed by atoms with Crippen LogP contribution in [0.15, 0.2) is 4.99 Å². The molecule has 1 aliphatic heterocycles. The van der Waals surface area contributed by atoms with Gasteiger partial charge in [0.15, 0.2) is 0 Å². The maximum absolute atomic E-state index is 11.9. The third kappa shape index (κ3) is 3.23. The number of hydrogen-bond acceptors (Lipinski definition) is 4. The van der Waals surface area contributed by atoms with E-state index in [1.807, 2.05) is 13.8 Å². The van der Waals surface area contributed by atoms with Gasteiger partial charge in [0.1, 0.15) is 11.9 Å². The molecule has 6 heteroatoms. The van der Waals surface area contributed by atoms with Gasteiger partial charge in [0.25, 0.3) is 0 Å². The number of carbonyl (C=O) groups is 2. The number of carbonyl (C=O) groups excluding carboxylic acids is 2. The van der Waals surface area contributed by atoms with Crippen molar-refractivity contribution in [1.29, 1.82) is 0 Å². The van der Waals surface area contributed by atoms with E-state index in [0.717, 1.165) is 11.8 Å². The maximum Gasteiger partial charge on any atom is 0.306 e. The van der Waals surface area contributed by atoms with Crippen LogP contribution in [0.2, 0.25) is 0 Å². The van der Waals surface area contributed by atoms with Crippen molar-refractivity contribution in [2.24, 2.45) is 10.9 Å². The molecule has 1 rings (SSSR count). The molecule has 0 aromatic heterocycles. The van der Waals surface area contributed by atoms with Gasteiger partial charge in [-0.3, -0.25) is 9.59 Å². The van der Waals surface area contributed by atoms with E-state index in [9.17, 15) is 9.59 Å². The van der Waals surface area contributed by atoms with Crippen LogP contribution in [-0.4, -0.2) is 47.8 Å². The number of rotatable bonds is 3. The van der Waals surface area contributed by atoms with Gasteiger partial charge >= 0.3 is 5.24 Å². The number of nitrogens with one attached hydrogen (secondary N) is 1. The van der Waals surface area contributed by atoms with Crippen molar-refractivity contribution in [2.75, 3.05) is 19.8 Å². The summed E-state index contributed by atoms with van der Waals surface area (Å²) >= 11 is 1.15. The lowest BCUT2D eigenvalue weighted by Gasteiger charge is -2.25. The van der Waals surface area contributed by atoms with E-state index in [4.69, 9.17) is 0 Å². The number of thioether (sulfide) groups is 1. The molecule has 1 atom stereocenters. The smallest absolute Gasteiger partial charge is 0.306 e.